The average Bonchev–Trinajstić information content (AvgIpc) is 2.28. The quantitative estimate of drug-likeness (QED) is 0.765. The largest absolute Gasteiger partial charge is 0.384 e. The summed E-state index contributed by atoms with van der Waals surface area (Å²) in [6.45, 7) is 3.27. The monoisotopic (exact) mass is 224 g/mol. The number of nitrogens with zero attached hydrogens (tertiary/aromatic N) is 1. The van der Waals surface area contributed by atoms with E-state index in [9.17, 15) is 0 Å². The fourth-order valence-corrected chi connectivity index (χ4v) is 1.80. The standard InChI is InChI=1S/C12H20N2S/c1-14(10-11-15-2)9-8-13-12-6-4-3-5-7-12/h3-7,13H,8-11H2,1-2H3. The van der Waals surface area contributed by atoms with Gasteiger partial charge in [-0.2, -0.15) is 11.8 Å². The van der Waals surface area contributed by atoms with Gasteiger partial charge >= 0.3 is 0 Å². The molecule has 0 saturated heterocycles. The van der Waals surface area contributed by atoms with E-state index in [4.69, 9.17) is 0 Å². The van der Waals surface area contributed by atoms with Gasteiger partial charge in [-0.15, -0.1) is 0 Å². The van der Waals surface area contributed by atoms with Crippen molar-refractivity contribution in [1.29, 1.82) is 0 Å². The van der Waals surface area contributed by atoms with Crippen molar-refractivity contribution < 1.29 is 0 Å². The van der Waals surface area contributed by atoms with E-state index in [1.165, 1.54) is 11.4 Å². The molecule has 0 aliphatic carbocycles. The molecular weight excluding hydrogens is 204 g/mol. The molecule has 15 heavy (non-hydrogen) atoms. The molecule has 1 aromatic carbocycles. The van der Waals surface area contributed by atoms with Crippen molar-refractivity contribution in [3.8, 4) is 0 Å². The number of anilines is 1. The fraction of sp³-hybridized carbons (Fsp3) is 0.500. The van der Waals surface area contributed by atoms with E-state index in [2.05, 4.69) is 47.8 Å². The Morgan fingerprint density at radius 1 is 1.20 bits per heavy atom. The molecule has 0 amide bonds. The lowest BCUT2D eigenvalue weighted by molar-refractivity contribution is 0.370. The van der Waals surface area contributed by atoms with Gasteiger partial charge in [0.05, 0.1) is 0 Å². The van der Waals surface area contributed by atoms with Gasteiger partial charge in [0.1, 0.15) is 0 Å². The Kier molecular flexibility index (Phi) is 6.28. The maximum absolute atomic E-state index is 3.40. The zero-order valence-corrected chi connectivity index (χ0v) is 10.4. The van der Waals surface area contributed by atoms with E-state index < -0.39 is 0 Å². The van der Waals surface area contributed by atoms with Gasteiger partial charge in [-0.3, -0.25) is 0 Å². The van der Waals surface area contributed by atoms with Crippen molar-refractivity contribution in [2.75, 3.05) is 44.0 Å². The Bertz CT molecular complexity index is 251. The predicted octanol–water partition coefficient (Wildman–Crippen LogP) is 2.39. The average molecular weight is 224 g/mol. The number of nitrogens with one attached hydrogen (secondary N) is 1. The van der Waals surface area contributed by atoms with E-state index in [1.807, 2.05) is 17.8 Å². The van der Waals surface area contributed by atoms with Crippen molar-refractivity contribution in [2.24, 2.45) is 0 Å². The summed E-state index contributed by atoms with van der Waals surface area (Å²) in [5.74, 6) is 1.21. The number of para-hydroxylation sites is 1. The first-order valence-corrected chi connectivity index (χ1v) is 6.68. The number of rotatable bonds is 7. The van der Waals surface area contributed by atoms with Gasteiger partial charge in [-0.05, 0) is 25.4 Å². The molecule has 0 aliphatic rings. The highest BCUT2D eigenvalue weighted by atomic mass is 32.2. The Hall–Kier alpha value is -0.670. The highest BCUT2D eigenvalue weighted by Gasteiger charge is 1.96. The lowest BCUT2D eigenvalue weighted by Gasteiger charge is -2.16. The van der Waals surface area contributed by atoms with Gasteiger partial charge in [-0.1, -0.05) is 18.2 Å². The number of likely N-dealkylation sites (N-methyl/N-ethyl adjacent to an activating group) is 1. The summed E-state index contributed by atoms with van der Waals surface area (Å²) in [5, 5.41) is 3.40. The summed E-state index contributed by atoms with van der Waals surface area (Å²) in [6.07, 6.45) is 2.15. The first-order chi connectivity index (χ1) is 7.33. The first-order valence-electron chi connectivity index (χ1n) is 5.29. The normalized spacial score (nSPS) is 10.6. The van der Waals surface area contributed by atoms with Gasteiger partial charge < -0.3 is 10.2 Å². The lowest BCUT2D eigenvalue weighted by Crippen LogP contribution is -2.27. The maximum atomic E-state index is 3.40. The fourth-order valence-electron chi connectivity index (χ4n) is 1.31. The molecule has 0 saturated carbocycles. The molecule has 0 fully saturated rings. The van der Waals surface area contributed by atoms with Gasteiger partial charge in [-0.25, -0.2) is 0 Å². The summed E-state index contributed by atoms with van der Waals surface area (Å²) in [7, 11) is 2.17. The summed E-state index contributed by atoms with van der Waals surface area (Å²) < 4.78 is 0. The molecule has 84 valence electrons. The Labute approximate surface area is 97.1 Å². The minimum absolute atomic E-state index is 1.01. The molecular formula is C12H20N2S. The van der Waals surface area contributed by atoms with Crippen LogP contribution in [0, 0.1) is 0 Å². The number of benzene rings is 1. The highest BCUT2D eigenvalue weighted by Crippen LogP contribution is 2.03. The highest BCUT2D eigenvalue weighted by molar-refractivity contribution is 7.98. The third-order valence-corrected chi connectivity index (χ3v) is 2.86. The molecule has 0 atom stereocenters. The van der Waals surface area contributed by atoms with Crippen LogP contribution in [0.4, 0.5) is 5.69 Å². The van der Waals surface area contributed by atoms with Crippen molar-refractivity contribution in [1.82, 2.24) is 4.90 Å². The molecule has 0 radical (unpaired) electrons. The zero-order chi connectivity index (χ0) is 10.9. The Morgan fingerprint density at radius 2 is 1.93 bits per heavy atom. The van der Waals surface area contributed by atoms with Crippen LogP contribution in [0.25, 0.3) is 0 Å². The van der Waals surface area contributed by atoms with E-state index >= 15 is 0 Å². The van der Waals surface area contributed by atoms with Crippen molar-refractivity contribution in [3.05, 3.63) is 30.3 Å². The molecule has 0 heterocycles. The second-order valence-electron chi connectivity index (χ2n) is 3.59. The van der Waals surface area contributed by atoms with Gasteiger partial charge in [0.2, 0.25) is 0 Å². The molecule has 3 heteroatoms. The molecule has 0 aromatic heterocycles. The molecule has 0 bridgehead atoms. The van der Waals surface area contributed by atoms with Crippen LogP contribution in [0.2, 0.25) is 0 Å². The molecule has 0 spiro atoms. The van der Waals surface area contributed by atoms with Gasteiger partial charge in [0, 0.05) is 31.1 Å². The number of hydrogen-bond donors (Lipinski definition) is 1. The van der Waals surface area contributed by atoms with Crippen LogP contribution in [-0.2, 0) is 0 Å². The van der Waals surface area contributed by atoms with Gasteiger partial charge in [0.15, 0.2) is 0 Å². The minimum atomic E-state index is 1.01. The topological polar surface area (TPSA) is 15.3 Å². The van der Waals surface area contributed by atoms with E-state index in [1.54, 1.807) is 0 Å². The smallest absolute Gasteiger partial charge is 0.0340 e. The molecule has 1 rings (SSSR count). The molecule has 0 aliphatic heterocycles. The number of thioether (sulfide) groups is 1. The molecule has 0 unspecified atom stereocenters. The van der Waals surface area contributed by atoms with Crippen LogP contribution >= 0.6 is 11.8 Å². The van der Waals surface area contributed by atoms with Crippen LogP contribution < -0.4 is 5.32 Å². The van der Waals surface area contributed by atoms with Crippen molar-refractivity contribution >= 4 is 17.4 Å². The third kappa shape index (κ3) is 5.70. The van der Waals surface area contributed by atoms with Crippen molar-refractivity contribution in [2.45, 2.75) is 0 Å². The van der Waals surface area contributed by atoms with Crippen molar-refractivity contribution in [3.63, 3.8) is 0 Å². The Morgan fingerprint density at radius 3 is 2.60 bits per heavy atom. The van der Waals surface area contributed by atoms with Crippen LogP contribution in [0.15, 0.2) is 30.3 Å². The van der Waals surface area contributed by atoms with E-state index in [-0.39, 0.29) is 0 Å². The van der Waals surface area contributed by atoms with Gasteiger partial charge in [0.25, 0.3) is 0 Å². The summed E-state index contributed by atoms with van der Waals surface area (Å²) in [5.41, 5.74) is 1.20. The minimum Gasteiger partial charge on any atom is -0.384 e. The van der Waals surface area contributed by atoms with Crippen LogP contribution in [-0.4, -0.2) is 43.6 Å². The summed E-state index contributed by atoms with van der Waals surface area (Å²) in [6, 6.07) is 10.3. The van der Waals surface area contributed by atoms with E-state index in [0.29, 0.717) is 0 Å². The molecule has 1 aromatic rings. The lowest BCUT2D eigenvalue weighted by atomic mass is 10.3. The summed E-state index contributed by atoms with van der Waals surface area (Å²) >= 11 is 1.90. The molecule has 1 N–H and O–H groups in total. The first kappa shape index (κ1) is 12.4. The molecule has 2 nitrogen and oxygen atoms in total. The second-order valence-corrected chi connectivity index (χ2v) is 4.57. The van der Waals surface area contributed by atoms with Crippen LogP contribution in [0.3, 0.4) is 0 Å². The van der Waals surface area contributed by atoms with Crippen LogP contribution in [0.5, 0.6) is 0 Å². The Balaban J connectivity index is 2.11. The SMILES string of the molecule is CSCCN(C)CCNc1ccccc1. The maximum Gasteiger partial charge on any atom is 0.0340 e. The number of hydrogen-bond acceptors (Lipinski definition) is 3. The summed E-state index contributed by atoms with van der Waals surface area (Å²) in [4.78, 5) is 2.35. The predicted molar refractivity (Wildman–Crippen MR) is 70.8 cm³/mol. The second kappa shape index (κ2) is 7.60. The van der Waals surface area contributed by atoms with E-state index in [0.717, 1.165) is 19.6 Å². The third-order valence-electron chi connectivity index (χ3n) is 2.27. The van der Waals surface area contributed by atoms with Crippen LogP contribution in [0.1, 0.15) is 0 Å². The zero-order valence-electron chi connectivity index (χ0n) is 9.57.